The minimum atomic E-state index is -0.269. The number of amides is 2. The topological polar surface area (TPSA) is 72.6 Å². The summed E-state index contributed by atoms with van der Waals surface area (Å²) in [6, 6.07) is 4.91. The van der Waals surface area contributed by atoms with Crippen LogP contribution in [0.2, 0.25) is 0 Å². The fourth-order valence-electron chi connectivity index (χ4n) is 1.95. The summed E-state index contributed by atoms with van der Waals surface area (Å²) >= 11 is 0. The van der Waals surface area contributed by atoms with Crippen LogP contribution in [0, 0.1) is 5.92 Å². The number of nitrogens with two attached hydrogens (primary N) is 1. The van der Waals surface area contributed by atoms with Gasteiger partial charge in [-0.3, -0.25) is 14.5 Å². The molecule has 5 nitrogen and oxygen atoms in total. The van der Waals surface area contributed by atoms with Gasteiger partial charge >= 0.3 is 0 Å². The van der Waals surface area contributed by atoms with Crippen molar-refractivity contribution in [2.75, 3.05) is 20.2 Å². The Morgan fingerprint density at radius 2 is 1.94 bits per heavy atom. The third-order valence-corrected chi connectivity index (χ3v) is 3.07. The Bertz CT molecular complexity index is 499. The summed E-state index contributed by atoms with van der Waals surface area (Å²) in [4.78, 5) is 25.5. The third kappa shape index (κ3) is 1.97. The van der Waals surface area contributed by atoms with Crippen LogP contribution in [0.15, 0.2) is 18.2 Å². The number of hydrogen-bond donors (Lipinski definition) is 1. The Labute approximate surface area is 106 Å². The average Bonchev–Trinajstić information content (AvgIpc) is 2.63. The highest BCUT2D eigenvalue weighted by atomic mass is 16.5. The highest BCUT2D eigenvalue weighted by Gasteiger charge is 2.36. The summed E-state index contributed by atoms with van der Waals surface area (Å²) < 4.78 is 5.06. The largest absolute Gasteiger partial charge is 0.497 e. The monoisotopic (exact) mass is 248 g/mol. The summed E-state index contributed by atoms with van der Waals surface area (Å²) in [6.45, 7) is 2.70. The molecule has 1 aliphatic heterocycles. The smallest absolute Gasteiger partial charge is 0.261 e. The number of nitrogens with zero attached hydrogens (tertiary/aromatic N) is 1. The lowest BCUT2D eigenvalue weighted by Gasteiger charge is -2.17. The van der Waals surface area contributed by atoms with Crippen molar-refractivity contribution in [3.63, 3.8) is 0 Å². The Morgan fingerprint density at radius 3 is 2.56 bits per heavy atom. The number of fused-ring (bicyclic) bond motifs is 1. The van der Waals surface area contributed by atoms with Gasteiger partial charge in [-0.2, -0.15) is 0 Å². The molecule has 1 aromatic rings. The van der Waals surface area contributed by atoms with E-state index in [1.54, 1.807) is 18.2 Å². The Morgan fingerprint density at radius 1 is 1.28 bits per heavy atom. The molecule has 0 bridgehead atoms. The fraction of sp³-hybridized carbons (Fsp3) is 0.385. The molecular formula is C13H16N2O3. The third-order valence-electron chi connectivity index (χ3n) is 3.07. The van der Waals surface area contributed by atoms with Crippen LogP contribution < -0.4 is 10.5 Å². The second kappa shape index (κ2) is 4.78. The van der Waals surface area contributed by atoms with Crippen molar-refractivity contribution in [3.05, 3.63) is 29.3 Å². The molecule has 0 radical (unpaired) electrons. The zero-order valence-electron chi connectivity index (χ0n) is 10.5. The first kappa shape index (κ1) is 12.6. The van der Waals surface area contributed by atoms with E-state index in [-0.39, 0.29) is 17.7 Å². The molecule has 0 spiro atoms. The van der Waals surface area contributed by atoms with E-state index in [4.69, 9.17) is 10.5 Å². The summed E-state index contributed by atoms with van der Waals surface area (Å²) in [6.07, 6.45) is 0. The van der Waals surface area contributed by atoms with Gasteiger partial charge in [0.15, 0.2) is 0 Å². The molecule has 0 aliphatic carbocycles. The number of imide groups is 1. The molecule has 5 heteroatoms. The highest BCUT2D eigenvalue weighted by molar-refractivity contribution is 6.21. The van der Waals surface area contributed by atoms with Crippen molar-refractivity contribution in [2.45, 2.75) is 6.92 Å². The number of methoxy groups -OCH3 is 1. The van der Waals surface area contributed by atoms with Gasteiger partial charge in [-0.05, 0) is 30.7 Å². The second-order valence-corrected chi connectivity index (χ2v) is 4.47. The van der Waals surface area contributed by atoms with Crippen molar-refractivity contribution >= 4 is 11.8 Å². The van der Waals surface area contributed by atoms with Crippen LogP contribution in [-0.4, -0.2) is 36.9 Å². The maximum atomic E-state index is 12.1. The first-order valence-electron chi connectivity index (χ1n) is 5.82. The molecular weight excluding hydrogens is 232 g/mol. The van der Waals surface area contributed by atoms with Crippen LogP contribution in [0.25, 0.3) is 0 Å². The van der Waals surface area contributed by atoms with Gasteiger partial charge in [-0.25, -0.2) is 0 Å². The maximum absolute atomic E-state index is 12.1. The first-order chi connectivity index (χ1) is 8.58. The lowest BCUT2D eigenvalue weighted by Crippen LogP contribution is -2.35. The van der Waals surface area contributed by atoms with Crippen molar-refractivity contribution < 1.29 is 14.3 Å². The predicted octanol–water partition coefficient (Wildman–Crippen LogP) is 0.886. The quantitative estimate of drug-likeness (QED) is 0.803. The number of carbonyl (C=O) groups is 2. The van der Waals surface area contributed by atoms with Gasteiger partial charge in [-0.15, -0.1) is 0 Å². The van der Waals surface area contributed by atoms with Gasteiger partial charge < -0.3 is 10.5 Å². The van der Waals surface area contributed by atoms with E-state index in [1.165, 1.54) is 12.0 Å². The molecule has 0 saturated heterocycles. The number of benzene rings is 1. The molecule has 0 fully saturated rings. The summed E-state index contributed by atoms with van der Waals surface area (Å²) in [7, 11) is 1.53. The van der Waals surface area contributed by atoms with Gasteiger partial charge in [0.1, 0.15) is 5.75 Å². The maximum Gasteiger partial charge on any atom is 0.261 e. The fourth-order valence-corrected chi connectivity index (χ4v) is 1.95. The Hall–Kier alpha value is -1.88. The van der Waals surface area contributed by atoms with E-state index < -0.39 is 0 Å². The Kier molecular flexibility index (Phi) is 3.34. The van der Waals surface area contributed by atoms with Gasteiger partial charge in [0.05, 0.1) is 18.2 Å². The second-order valence-electron chi connectivity index (χ2n) is 4.47. The molecule has 1 atom stereocenters. The zero-order valence-corrected chi connectivity index (χ0v) is 10.5. The number of carbonyl (C=O) groups excluding carboxylic acids is 2. The van der Waals surface area contributed by atoms with Crippen molar-refractivity contribution in [2.24, 2.45) is 11.7 Å². The minimum absolute atomic E-state index is 0.0918. The Balaban J connectivity index is 2.32. The van der Waals surface area contributed by atoms with Crippen LogP contribution in [0.4, 0.5) is 0 Å². The van der Waals surface area contributed by atoms with E-state index >= 15 is 0 Å². The van der Waals surface area contributed by atoms with E-state index in [2.05, 4.69) is 0 Å². The molecule has 0 saturated carbocycles. The number of hydrogen-bond acceptors (Lipinski definition) is 4. The van der Waals surface area contributed by atoms with Crippen LogP contribution in [0.5, 0.6) is 5.75 Å². The van der Waals surface area contributed by atoms with Gasteiger partial charge in [0, 0.05) is 6.54 Å². The molecule has 18 heavy (non-hydrogen) atoms. The molecule has 1 heterocycles. The lowest BCUT2D eigenvalue weighted by molar-refractivity contribution is 0.0634. The molecule has 1 aliphatic rings. The molecule has 96 valence electrons. The standard InChI is InChI=1S/C13H16N2O3/c1-8(6-14)7-15-12(16)10-4-3-9(18-2)5-11(10)13(15)17/h3-5,8H,6-7,14H2,1-2H3. The van der Waals surface area contributed by atoms with Crippen molar-refractivity contribution in [1.29, 1.82) is 0 Å². The highest BCUT2D eigenvalue weighted by Crippen LogP contribution is 2.27. The van der Waals surface area contributed by atoms with Crippen LogP contribution in [0.1, 0.15) is 27.6 Å². The average molecular weight is 248 g/mol. The van der Waals surface area contributed by atoms with Crippen molar-refractivity contribution in [3.8, 4) is 5.75 Å². The normalized spacial score (nSPS) is 15.8. The van der Waals surface area contributed by atoms with E-state index in [0.29, 0.717) is 30.0 Å². The van der Waals surface area contributed by atoms with E-state index in [9.17, 15) is 9.59 Å². The van der Waals surface area contributed by atoms with E-state index in [0.717, 1.165) is 0 Å². The first-order valence-corrected chi connectivity index (χ1v) is 5.82. The molecule has 2 rings (SSSR count). The lowest BCUT2D eigenvalue weighted by atomic mass is 10.1. The minimum Gasteiger partial charge on any atom is -0.497 e. The molecule has 2 N–H and O–H groups in total. The number of ether oxygens (including phenoxy) is 1. The summed E-state index contributed by atoms with van der Waals surface area (Å²) in [5, 5.41) is 0. The van der Waals surface area contributed by atoms with Crippen LogP contribution in [0.3, 0.4) is 0 Å². The van der Waals surface area contributed by atoms with Crippen LogP contribution in [-0.2, 0) is 0 Å². The van der Waals surface area contributed by atoms with Crippen LogP contribution >= 0.6 is 0 Å². The van der Waals surface area contributed by atoms with Gasteiger partial charge in [0.2, 0.25) is 0 Å². The molecule has 2 amide bonds. The van der Waals surface area contributed by atoms with Crippen molar-refractivity contribution in [1.82, 2.24) is 4.90 Å². The van der Waals surface area contributed by atoms with Gasteiger partial charge in [0.25, 0.3) is 11.8 Å². The SMILES string of the molecule is COc1ccc2c(c1)C(=O)N(CC(C)CN)C2=O. The molecule has 1 unspecified atom stereocenters. The molecule has 0 aromatic heterocycles. The predicted molar refractivity (Wildman–Crippen MR) is 66.6 cm³/mol. The summed E-state index contributed by atoms with van der Waals surface area (Å²) in [5.74, 6) is 0.143. The molecule has 1 aromatic carbocycles. The summed E-state index contributed by atoms with van der Waals surface area (Å²) in [5.41, 5.74) is 6.36. The zero-order chi connectivity index (χ0) is 13.3. The number of rotatable bonds is 4. The van der Waals surface area contributed by atoms with E-state index in [1.807, 2.05) is 6.92 Å². The van der Waals surface area contributed by atoms with Gasteiger partial charge in [-0.1, -0.05) is 6.92 Å².